The van der Waals surface area contributed by atoms with Crippen LogP contribution in [0.25, 0.3) is 0 Å². The van der Waals surface area contributed by atoms with Crippen LogP contribution >= 0.6 is 11.6 Å². The molecule has 0 saturated heterocycles. The first-order valence-electron chi connectivity index (χ1n) is 5.83. The summed E-state index contributed by atoms with van der Waals surface area (Å²) in [6.45, 7) is 0. The van der Waals surface area contributed by atoms with Crippen molar-refractivity contribution >= 4 is 11.6 Å². The van der Waals surface area contributed by atoms with Crippen molar-refractivity contribution in [1.29, 1.82) is 0 Å². The number of halogens is 1. The van der Waals surface area contributed by atoms with E-state index in [-0.39, 0.29) is 0 Å². The maximum atomic E-state index is 5.78. The zero-order valence-corrected chi connectivity index (χ0v) is 9.41. The van der Waals surface area contributed by atoms with E-state index in [0.717, 1.165) is 5.88 Å². The molecule has 1 rings (SSSR count). The number of alkyl halides is 1. The van der Waals surface area contributed by atoms with Gasteiger partial charge >= 0.3 is 0 Å². The standard InChI is InChI=1S/C12H22Cl/c13-11-10-12-8-6-4-2-1-3-5-7-9-12/h1-11H2. The molecule has 0 aliphatic heterocycles. The van der Waals surface area contributed by atoms with Crippen LogP contribution in [0.5, 0.6) is 0 Å². The van der Waals surface area contributed by atoms with Gasteiger partial charge in [-0.1, -0.05) is 44.9 Å². The maximum absolute atomic E-state index is 5.78. The van der Waals surface area contributed by atoms with E-state index in [0.29, 0.717) is 0 Å². The molecule has 0 atom stereocenters. The van der Waals surface area contributed by atoms with Crippen LogP contribution in [0.1, 0.15) is 64.2 Å². The summed E-state index contributed by atoms with van der Waals surface area (Å²) in [6.07, 6.45) is 13.9. The van der Waals surface area contributed by atoms with Crippen LogP contribution < -0.4 is 0 Å². The molecule has 0 aromatic carbocycles. The van der Waals surface area contributed by atoms with Crippen molar-refractivity contribution in [3.63, 3.8) is 0 Å². The van der Waals surface area contributed by atoms with Crippen molar-refractivity contribution in [2.45, 2.75) is 64.2 Å². The Bertz CT molecular complexity index is 102. The van der Waals surface area contributed by atoms with Gasteiger partial charge < -0.3 is 0 Å². The summed E-state index contributed by atoms with van der Waals surface area (Å²) >= 11 is 5.78. The van der Waals surface area contributed by atoms with Gasteiger partial charge in [-0.15, -0.1) is 11.6 Å². The molecular weight excluding hydrogens is 180 g/mol. The largest absolute Gasteiger partial charge is 0.127 e. The lowest BCUT2D eigenvalue weighted by Gasteiger charge is -2.16. The lowest BCUT2D eigenvalue weighted by atomic mass is 9.90. The molecule has 0 bridgehead atoms. The third kappa shape index (κ3) is 5.57. The first-order chi connectivity index (χ1) is 6.43. The zero-order chi connectivity index (χ0) is 9.36. The Morgan fingerprint density at radius 3 is 1.69 bits per heavy atom. The molecule has 0 unspecified atom stereocenters. The molecule has 0 aromatic rings. The van der Waals surface area contributed by atoms with Crippen LogP contribution in [0.3, 0.4) is 0 Å². The SMILES string of the molecule is ClCC[C]1CCCCCCCCC1. The van der Waals surface area contributed by atoms with Crippen LogP contribution in [-0.4, -0.2) is 5.88 Å². The van der Waals surface area contributed by atoms with Gasteiger partial charge in [0.1, 0.15) is 0 Å². The Hall–Kier alpha value is 0.290. The van der Waals surface area contributed by atoms with E-state index >= 15 is 0 Å². The summed E-state index contributed by atoms with van der Waals surface area (Å²) in [7, 11) is 0. The molecule has 0 amide bonds. The second-order valence-corrected chi connectivity index (χ2v) is 4.54. The minimum Gasteiger partial charge on any atom is -0.127 e. The maximum Gasteiger partial charge on any atom is 0.0228 e. The highest BCUT2D eigenvalue weighted by Gasteiger charge is 2.09. The average molecular weight is 202 g/mol. The van der Waals surface area contributed by atoms with Gasteiger partial charge in [0.2, 0.25) is 0 Å². The van der Waals surface area contributed by atoms with Crippen LogP contribution in [0, 0.1) is 5.92 Å². The first-order valence-corrected chi connectivity index (χ1v) is 6.36. The highest BCUT2D eigenvalue weighted by Crippen LogP contribution is 2.25. The van der Waals surface area contributed by atoms with Crippen molar-refractivity contribution in [2.75, 3.05) is 5.88 Å². The summed E-state index contributed by atoms with van der Waals surface area (Å²) in [5.74, 6) is 2.56. The van der Waals surface area contributed by atoms with Gasteiger partial charge in [-0.05, 0) is 25.2 Å². The second-order valence-electron chi connectivity index (χ2n) is 4.16. The van der Waals surface area contributed by atoms with Crippen molar-refractivity contribution in [2.24, 2.45) is 0 Å². The van der Waals surface area contributed by atoms with E-state index in [1.807, 2.05) is 0 Å². The monoisotopic (exact) mass is 201 g/mol. The normalized spacial score (nSPS) is 22.8. The van der Waals surface area contributed by atoms with Gasteiger partial charge in [0.25, 0.3) is 0 Å². The molecule has 0 aromatic heterocycles. The Morgan fingerprint density at radius 1 is 0.769 bits per heavy atom. The molecule has 77 valence electrons. The van der Waals surface area contributed by atoms with Gasteiger partial charge in [-0.2, -0.15) is 0 Å². The smallest absolute Gasteiger partial charge is 0.0228 e. The quantitative estimate of drug-likeness (QED) is 0.568. The van der Waals surface area contributed by atoms with Crippen molar-refractivity contribution in [1.82, 2.24) is 0 Å². The summed E-state index contributed by atoms with van der Waals surface area (Å²) in [5, 5.41) is 0. The summed E-state index contributed by atoms with van der Waals surface area (Å²) < 4.78 is 0. The molecule has 0 heterocycles. The highest BCUT2D eigenvalue weighted by molar-refractivity contribution is 6.17. The van der Waals surface area contributed by atoms with E-state index in [9.17, 15) is 0 Å². The molecule has 1 saturated carbocycles. The van der Waals surface area contributed by atoms with Crippen LogP contribution in [0.15, 0.2) is 0 Å². The van der Waals surface area contributed by atoms with Gasteiger partial charge in [-0.25, -0.2) is 0 Å². The Balaban J connectivity index is 2.18. The van der Waals surface area contributed by atoms with E-state index in [1.165, 1.54) is 64.2 Å². The average Bonchev–Trinajstić information content (AvgIpc) is 2.16. The Labute approximate surface area is 88.1 Å². The number of hydrogen-bond acceptors (Lipinski definition) is 0. The number of rotatable bonds is 2. The molecule has 0 N–H and O–H groups in total. The molecule has 1 fully saturated rings. The topological polar surface area (TPSA) is 0 Å². The third-order valence-electron chi connectivity index (χ3n) is 3.01. The molecule has 0 nitrogen and oxygen atoms in total. The van der Waals surface area contributed by atoms with E-state index < -0.39 is 0 Å². The lowest BCUT2D eigenvalue weighted by Crippen LogP contribution is -2.00. The van der Waals surface area contributed by atoms with Crippen LogP contribution in [-0.2, 0) is 0 Å². The Kier molecular flexibility index (Phi) is 6.71. The van der Waals surface area contributed by atoms with Gasteiger partial charge in [-0.3, -0.25) is 0 Å². The fraction of sp³-hybridized carbons (Fsp3) is 0.917. The minimum absolute atomic E-state index is 0.829. The third-order valence-corrected chi connectivity index (χ3v) is 3.20. The van der Waals surface area contributed by atoms with Crippen molar-refractivity contribution < 1.29 is 0 Å². The molecule has 0 spiro atoms. The molecular formula is C12H22Cl. The lowest BCUT2D eigenvalue weighted by molar-refractivity contribution is 0.511. The number of hydrogen-bond donors (Lipinski definition) is 0. The zero-order valence-electron chi connectivity index (χ0n) is 8.66. The van der Waals surface area contributed by atoms with Gasteiger partial charge in [0.15, 0.2) is 0 Å². The predicted molar refractivity (Wildman–Crippen MR) is 60.1 cm³/mol. The molecule has 1 radical (unpaired) electrons. The van der Waals surface area contributed by atoms with Crippen molar-refractivity contribution in [3.05, 3.63) is 5.92 Å². The first kappa shape index (κ1) is 11.4. The van der Waals surface area contributed by atoms with Gasteiger partial charge in [0.05, 0.1) is 0 Å². The minimum atomic E-state index is 0.829. The van der Waals surface area contributed by atoms with E-state index in [4.69, 9.17) is 11.6 Å². The van der Waals surface area contributed by atoms with Crippen LogP contribution in [0.2, 0.25) is 0 Å². The fourth-order valence-corrected chi connectivity index (χ4v) is 2.41. The van der Waals surface area contributed by atoms with Crippen molar-refractivity contribution in [3.8, 4) is 0 Å². The predicted octanol–water partition coefficient (Wildman–Crippen LogP) is 4.71. The summed E-state index contributed by atoms with van der Waals surface area (Å²) in [6, 6.07) is 0. The molecule has 1 aliphatic carbocycles. The second kappa shape index (κ2) is 7.67. The van der Waals surface area contributed by atoms with E-state index in [1.54, 1.807) is 5.92 Å². The summed E-state index contributed by atoms with van der Waals surface area (Å²) in [5.41, 5.74) is 0. The molecule has 1 aliphatic rings. The van der Waals surface area contributed by atoms with Crippen LogP contribution in [0.4, 0.5) is 0 Å². The van der Waals surface area contributed by atoms with Gasteiger partial charge in [0, 0.05) is 5.88 Å². The molecule has 1 heteroatoms. The fourth-order valence-electron chi connectivity index (χ4n) is 2.14. The Morgan fingerprint density at radius 2 is 1.23 bits per heavy atom. The summed E-state index contributed by atoms with van der Waals surface area (Å²) in [4.78, 5) is 0. The highest BCUT2D eigenvalue weighted by atomic mass is 35.5. The van der Waals surface area contributed by atoms with E-state index in [2.05, 4.69) is 0 Å². The molecule has 13 heavy (non-hydrogen) atoms.